The van der Waals surface area contributed by atoms with E-state index in [1.54, 1.807) is 12.5 Å². The number of ether oxygens (including phenoxy) is 1. The lowest BCUT2D eigenvalue weighted by Crippen LogP contribution is -2.00. The predicted molar refractivity (Wildman–Crippen MR) is 69.3 cm³/mol. The molecule has 0 atom stereocenters. The molecule has 2 aromatic rings. The fourth-order valence-corrected chi connectivity index (χ4v) is 2.45. The van der Waals surface area contributed by atoms with Crippen LogP contribution in [0.4, 0.5) is 0 Å². The first kappa shape index (κ1) is 12.6. The first-order chi connectivity index (χ1) is 8.67. The number of hydrogen-bond acceptors (Lipinski definition) is 4. The molecule has 1 heterocycles. The van der Waals surface area contributed by atoms with E-state index in [2.05, 4.69) is 4.98 Å². The fraction of sp³-hybridized carbons (Fsp3) is 0.231. The van der Waals surface area contributed by atoms with Crippen LogP contribution in [0.2, 0.25) is 0 Å². The predicted octanol–water partition coefficient (Wildman–Crippen LogP) is 2.37. The lowest BCUT2D eigenvalue weighted by atomic mass is 10.1. The normalized spacial score (nSPS) is 10.3. The number of aliphatic carboxylic acids is 1. The maximum Gasteiger partial charge on any atom is 0.309 e. The molecule has 0 spiro atoms. The summed E-state index contributed by atoms with van der Waals surface area (Å²) in [5.41, 5.74) is 1.72. The van der Waals surface area contributed by atoms with Crippen molar-refractivity contribution < 1.29 is 14.6 Å². The van der Waals surface area contributed by atoms with Gasteiger partial charge in [0.15, 0.2) is 0 Å². The Morgan fingerprint density at radius 1 is 1.50 bits per heavy atom. The fourth-order valence-electron chi connectivity index (χ4n) is 1.62. The molecule has 0 aliphatic rings. The van der Waals surface area contributed by atoms with Crippen molar-refractivity contribution in [2.24, 2.45) is 0 Å². The quantitative estimate of drug-likeness (QED) is 0.899. The second-order valence-electron chi connectivity index (χ2n) is 3.83. The van der Waals surface area contributed by atoms with E-state index in [-0.39, 0.29) is 6.42 Å². The van der Waals surface area contributed by atoms with Gasteiger partial charge in [-0.2, -0.15) is 0 Å². The van der Waals surface area contributed by atoms with E-state index in [0.29, 0.717) is 12.1 Å². The first-order valence-electron chi connectivity index (χ1n) is 5.45. The van der Waals surface area contributed by atoms with Crippen LogP contribution in [0, 0.1) is 0 Å². The second kappa shape index (κ2) is 5.64. The molecule has 0 amide bonds. The van der Waals surface area contributed by atoms with Gasteiger partial charge in [-0.1, -0.05) is 12.1 Å². The number of hydrogen-bond donors (Lipinski definition) is 1. The molecular weight excluding hydrogens is 250 g/mol. The van der Waals surface area contributed by atoms with Crippen molar-refractivity contribution in [3.63, 3.8) is 0 Å². The van der Waals surface area contributed by atoms with Crippen LogP contribution in [-0.2, 0) is 17.6 Å². The molecule has 0 bridgehead atoms. The van der Waals surface area contributed by atoms with Gasteiger partial charge in [0.05, 0.1) is 24.2 Å². The Morgan fingerprint density at radius 3 is 3.06 bits per heavy atom. The van der Waals surface area contributed by atoms with Crippen LogP contribution in [0.5, 0.6) is 5.75 Å². The Bertz CT molecular complexity index is 551. The van der Waals surface area contributed by atoms with Gasteiger partial charge in [-0.15, -0.1) is 11.3 Å². The lowest BCUT2D eigenvalue weighted by molar-refractivity contribution is -0.136. The van der Waals surface area contributed by atoms with Crippen molar-refractivity contribution in [3.05, 3.63) is 45.9 Å². The maximum atomic E-state index is 10.6. The Kier molecular flexibility index (Phi) is 3.94. The van der Waals surface area contributed by atoms with Gasteiger partial charge in [0.2, 0.25) is 0 Å². The summed E-state index contributed by atoms with van der Waals surface area (Å²) in [6.45, 7) is 0. The number of carbonyl (C=O) groups is 1. The monoisotopic (exact) mass is 263 g/mol. The number of carboxylic acids is 1. The van der Waals surface area contributed by atoms with Gasteiger partial charge < -0.3 is 9.84 Å². The molecule has 0 unspecified atom stereocenters. The van der Waals surface area contributed by atoms with Gasteiger partial charge in [0.25, 0.3) is 0 Å². The van der Waals surface area contributed by atoms with Gasteiger partial charge >= 0.3 is 5.97 Å². The Labute approximate surface area is 109 Å². The van der Waals surface area contributed by atoms with Crippen LogP contribution in [0.15, 0.2) is 29.6 Å². The van der Waals surface area contributed by atoms with E-state index in [0.717, 1.165) is 16.3 Å². The van der Waals surface area contributed by atoms with Crippen LogP contribution >= 0.6 is 11.3 Å². The third kappa shape index (κ3) is 3.30. The Hall–Kier alpha value is -1.88. The summed E-state index contributed by atoms with van der Waals surface area (Å²) in [5.74, 6) is -0.0388. The number of nitrogens with zero attached hydrogens (tertiary/aromatic N) is 1. The highest BCUT2D eigenvalue weighted by Gasteiger charge is 2.07. The van der Waals surface area contributed by atoms with Gasteiger partial charge in [-0.3, -0.25) is 4.79 Å². The highest BCUT2D eigenvalue weighted by atomic mass is 32.1. The molecule has 1 aromatic heterocycles. The third-order valence-electron chi connectivity index (χ3n) is 2.42. The van der Waals surface area contributed by atoms with Crippen molar-refractivity contribution in [2.45, 2.75) is 12.8 Å². The summed E-state index contributed by atoms with van der Waals surface area (Å²) in [5, 5.41) is 11.4. The van der Waals surface area contributed by atoms with Crippen molar-refractivity contribution in [2.75, 3.05) is 7.11 Å². The van der Waals surface area contributed by atoms with Gasteiger partial charge in [-0.05, 0) is 17.7 Å². The zero-order valence-corrected chi connectivity index (χ0v) is 10.7. The largest absolute Gasteiger partial charge is 0.497 e. The zero-order valence-electron chi connectivity index (χ0n) is 9.92. The van der Waals surface area contributed by atoms with Crippen LogP contribution in [0.25, 0.3) is 0 Å². The average molecular weight is 263 g/mol. The number of thiazole rings is 1. The topological polar surface area (TPSA) is 59.4 Å². The molecule has 5 heteroatoms. The van der Waals surface area contributed by atoms with E-state index < -0.39 is 5.97 Å². The van der Waals surface area contributed by atoms with Gasteiger partial charge in [0, 0.05) is 11.8 Å². The zero-order chi connectivity index (χ0) is 13.0. The Morgan fingerprint density at radius 2 is 2.33 bits per heavy atom. The molecule has 1 aromatic carbocycles. The summed E-state index contributed by atoms with van der Waals surface area (Å²) in [4.78, 5) is 14.9. The molecular formula is C13H13NO3S. The van der Waals surface area contributed by atoms with Crippen molar-refractivity contribution in [1.82, 2.24) is 4.98 Å². The second-order valence-corrected chi connectivity index (χ2v) is 4.77. The summed E-state index contributed by atoms with van der Waals surface area (Å²) < 4.78 is 5.16. The minimum absolute atomic E-state index is 0.0192. The number of rotatable bonds is 5. The standard InChI is InChI=1S/C13H13NO3S/c1-17-11-4-2-3-9(5-11)6-12-14-10(8-18-12)7-13(15)16/h2-5,8H,6-7H2,1H3,(H,15,16). The van der Waals surface area contributed by atoms with E-state index >= 15 is 0 Å². The minimum atomic E-state index is -0.853. The summed E-state index contributed by atoms with van der Waals surface area (Å²) in [7, 11) is 1.63. The summed E-state index contributed by atoms with van der Waals surface area (Å²) >= 11 is 1.48. The molecule has 0 radical (unpaired) electrons. The molecule has 4 nitrogen and oxygen atoms in total. The molecule has 94 valence electrons. The molecule has 2 rings (SSSR count). The number of aromatic nitrogens is 1. The third-order valence-corrected chi connectivity index (χ3v) is 3.32. The van der Waals surface area contributed by atoms with Crippen LogP contribution in [0.1, 0.15) is 16.3 Å². The molecule has 1 N–H and O–H groups in total. The summed E-state index contributed by atoms with van der Waals surface area (Å²) in [6, 6.07) is 7.78. The molecule has 0 aliphatic carbocycles. The van der Waals surface area contributed by atoms with E-state index in [1.165, 1.54) is 11.3 Å². The summed E-state index contributed by atoms with van der Waals surface area (Å²) in [6.07, 6.45) is 0.677. The molecule has 0 saturated carbocycles. The van der Waals surface area contributed by atoms with E-state index in [4.69, 9.17) is 9.84 Å². The molecule has 0 saturated heterocycles. The Balaban J connectivity index is 2.08. The highest BCUT2D eigenvalue weighted by molar-refractivity contribution is 7.09. The van der Waals surface area contributed by atoms with Crippen LogP contribution in [-0.4, -0.2) is 23.2 Å². The van der Waals surface area contributed by atoms with Gasteiger partial charge in [-0.25, -0.2) is 4.98 Å². The van der Waals surface area contributed by atoms with Crippen LogP contribution < -0.4 is 4.74 Å². The lowest BCUT2D eigenvalue weighted by Gasteiger charge is -2.02. The number of carboxylic acid groups (broad SMARTS) is 1. The SMILES string of the molecule is COc1cccc(Cc2nc(CC(=O)O)cs2)c1. The van der Waals surface area contributed by atoms with Crippen molar-refractivity contribution in [3.8, 4) is 5.75 Å². The van der Waals surface area contributed by atoms with Crippen molar-refractivity contribution >= 4 is 17.3 Å². The van der Waals surface area contributed by atoms with E-state index in [1.807, 2.05) is 24.3 Å². The number of methoxy groups -OCH3 is 1. The smallest absolute Gasteiger partial charge is 0.309 e. The first-order valence-corrected chi connectivity index (χ1v) is 6.33. The maximum absolute atomic E-state index is 10.6. The average Bonchev–Trinajstić information content (AvgIpc) is 2.76. The highest BCUT2D eigenvalue weighted by Crippen LogP contribution is 2.18. The molecule has 0 aliphatic heterocycles. The molecule has 18 heavy (non-hydrogen) atoms. The van der Waals surface area contributed by atoms with Crippen molar-refractivity contribution in [1.29, 1.82) is 0 Å². The number of benzene rings is 1. The minimum Gasteiger partial charge on any atom is -0.497 e. The van der Waals surface area contributed by atoms with Gasteiger partial charge in [0.1, 0.15) is 5.75 Å². The molecule has 0 fully saturated rings. The van der Waals surface area contributed by atoms with E-state index in [9.17, 15) is 4.79 Å². The van der Waals surface area contributed by atoms with Crippen LogP contribution in [0.3, 0.4) is 0 Å².